The van der Waals surface area contributed by atoms with Crippen LogP contribution in [0.2, 0.25) is 0 Å². The minimum absolute atomic E-state index is 0.228. The number of nitrogens with zero attached hydrogens (tertiary/aromatic N) is 1. The molecule has 0 aromatic heterocycles. The molecule has 0 aromatic carbocycles. The Morgan fingerprint density at radius 1 is 1.24 bits per heavy atom. The molecule has 5 nitrogen and oxygen atoms in total. The van der Waals surface area contributed by atoms with Gasteiger partial charge < -0.3 is 14.7 Å². The van der Waals surface area contributed by atoms with E-state index in [0.29, 0.717) is 13.0 Å². The van der Waals surface area contributed by atoms with E-state index in [-0.39, 0.29) is 12.1 Å². The number of carboxylic acids is 1. The summed E-state index contributed by atoms with van der Waals surface area (Å²) in [6, 6.07) is -0.228. The van der Waals surface area contributed by atoms with Crippen LogP contribution < -0.4 is 0 Å². The molecular weight excluding hydrogens is 270 g/mol. The second-order valence-corrected chi connectivity index (χ2v) is 6.82. The van der Waals surface area contributed by atoms with E-state index in [1.54, 1.807) is 4.90 Å². The number of aliphatic carboxylic acids is 1. The van der Waals surface area contributed by atoms with E-state index in [2.05, 4.69) is 6.92 Å². The molecule has 0 spiro atoms. The van der Waals surface area contributed by atoms with Gasteiger partial charge in [-0.05, 0) is 33.6 Å². The van der Waals surface area contributed by atoms with Crippen LogP contribution in [0.15, 0.2) is 0 Å². The Bertz CT molecular complexity index is 362. The first-order valence-corrected chi connectivity index (χ1v) is 7.98. The third kappa shape index (κ3) is 5.56. The van der Waals surface area contributed by atoms with E-state index in [0.717, 1.165) is 32.1 Å². The number of carbonyl (C=O) groups is 2. The molecule has 1 amide bonds. The second-order valence-electron chi connectivity index (χ2n) is 6.82. The molecule has 1 N–H and O–H groups in total. The van der Waals surface area contributed by atoms with Crippen molar-refractivity contribution >= 4 is 12.1 Å². The lowest BCUT2D eigenvalue weighted by Gasteiger charge is -2.29. The van der Waals surface area contributed by atoms with Gasteiger partial charge in [-0.2, -0.15) is 0 Å². The van der Waals surface area contributed by atoms with Crippen molar-refractivity contribution in [3.8, 4) is 0 Å². The summed E-state index contributed by atoms with van der Waals surface area (Å²) < 4.78 is 5.40. The highest BCUT2D eigenvalue weighted by Gasteiger charge is 2.42. The smallest absolute Gasteiger partial charge is 0.410 e. The maximum Gasteiger partial charge on any atom is 0.410 e. The molecule has 1 rings (SSSR count). The van der Waals surface area contributed by atoms with Gasteiger partial charge in [0.2, 0.25) is 0 Å². The van der Waals surface area contributed by atoms with Gasteiger partial charge in [0.15, 0.2) is 0 Å². The number of likely N-dealkylation sites (tertiary alicyclic amines) is 1. The number of hydrogen-bond acceptors (Lipinski definition) is 3. The topological polar surface area (TPSA) is 66.8 Å². The summed E-state index contributed by atoms with van der Waals surface area (Å²) in [5.41, 5.74) is -0.550. The molecule has 1 aliphatic rings. The molecular formula is C16H29NO4. The number of carboxylic acid groups (broad SMARTS) is 1. The van der Waals surface area contributed by atoms with Crippen LogP contribution in [0, 0.1) is 5.92 Å². The first-order valence-electron chi connectivity index (χ1n) is 7.98. The quantitative estimate of drug-likeness (QED) is 0.760. The van der Waals surface area contributed by atoms with Gasteiger partial charge in [0, 0.05) is 12.6 Å². The highest BCUT2D eigenvalue weighted by Crippen LogP contribution is 2.30. The standard InChI is InChI=1S/C16H29NO4/c1-5-6-7-8-9-13-12(14(18)19)10-11-17(13)15(20)21-16(2,3)4/h12-13H,5-11H2,1-4H3,(H,18,19)/t12-,13-/m0/s1. The van der Waals surface area contributed by atoms with Crippen molar-refractivity contribution in [1.29, 1.82) is 0 Å². The summed E-state index contributed by atoms with van der Waals surface area (Å²) in [6.07, 6.45) is 5.22. The Kier molecular flexibility index (Phi) is 6.49. The van der Waals surface area contributed by atoms with Gasteiger partial charge in [-0.25, -0.2) is 4.79 Å². The molecule has 0 aromatic rings. The van der Waals surface area contributed by atoms with Crippen LogP contribution in [0.4, 0.5) is 4.79 Å². The fourth-order valence-corrected chi connectivity index (χ4v) is 2.83. The lowest BCUT2D eigenvalue weighted by molar-refractivity contribution is -0.142. The largest absolute Gasteiger partial charge is 0.481 e. The molecule has 1 saturated heterocycles. The van der Waals surface area contributed by atoms with Crippen molar-refractivity contribution in [1.82, 2.24) is 4.90 Å². The van der Waals surface area contributed by atoms with Crippen molar-refractivity contribution in [2.75, 3.05) is 6.54 Å². The zero-order chi connectivity index (χ0) is 16.0. The van der Waals surface area contributed by atoms with Gasteiger partial charge >= 0.3 is 12.1 Å². The first kappa shape index (κ1) is 17.8. The van der Waals surface area contributed by atoms with Crippen molar-refractivity contribution < 1.29 is 19.4 Å². The van der Waals surface area contributed by atoms with Gasteiger partial charge in [0.1, 0.15) is 5.60 Å². The molecule has 1 fully saturated rings. The number of unbranched alkanes of at least 4 members (excludes halogenated alkanes) is 3. The Labute approximate surface area is 127 Å². The number of rotatable bonds is 6. The van der Waals surface area contributed by atoms with Crippen LogP contribution in [-0.4, -0.2) is 40.3 Å². The van der Waals surface area contributed by atoms with E-state index in [4.69, 9.17) is 4.74 Å². The van der Waals surface area contributed by atoms with Crippen LogP contribution in [-0.2, 0) is 9.53 Å². The summed E-state index contributed by atoms with van der Waals surface area (Å²) in [6.45, 7) is 8.09. The molecule has 1 heterocycles. The summed E-state index contributed by atoms with van der Waals surface area (Å²) >= 11 is 0. The molecule has 1 aliphatic heterocycles. The first-order chi connectivity index (χ1) is 9.76. The van der Waals surface area contributed by atoms with Crippen LogP contribution >= 0.6 is 0 Å². The van der Waals surface area contributed by atoms with Crippen molar-refractivity contribution in [3.63, 3.8) is 0 Å². The van der Waals surface area contributed by atoms with Crippen molar-refractivity contribution in [2.45, 2.75) is 77.9 Å². The van der Waals surface area contributed by atoms with E-state index in [9.17, 15) is 14.7 Å². The lowest BCUT2D eigenvalue weighted by atomic mass is 9.95. The van der Waals surface area contributed by atoms with Crippen LogP contribution in [0.25, 0.3) is 0 Å². The highest BCUT2D eigenvalue weighted by atomic mass is 16.6. The average molecular weight is 299 g/mol. The molecule has 0 saturated carbocycles. The second kappa shape index (κ2) is 7.66. The Morgan fingerprint density at radius 2 is 1.90 bits per heavy atom. The van der Waals surface area contributed by atoms with Crippen LogP contribution in [0.1, 0.15) is 66.2 Å². The minimum Gasteiger partial charge on any atom is -0.481 e. The SMILES string of the molecule is CCCCCC[C@H]1[C@@H](C(=O)O)CCN1C(=O)OC(C)(C)C. The molecule has 0 radical (unpaired) electrons. The molecule has 2 atom stereocenters. The van der Waals surface area contributed by atoms with Gasteiger partial charge in [0.05, 0.1) is 5.92 Å². The van der Waals surface area contributed by atoms with Gasteiger partial charge in [-0.3, -0.25) is 4.79 Å². The van der Waals surface area contributed by atoms with Crippen molar-refractivity contribution in [3.05, 3.63) is 0 Å². The van der Waals surface area contributed by atoms with Crippen LogP contribution in [0.3, 0.4) is 0 Å². The average Bonchev–Trinajstić information content (AvgIpc) is 2.76. The van der Waals surface area contributed by atoms with Crippen molar-refractivity contribution in [2.24, 2.45) is 5.92 Å². The Hall–Kier alpha value is -1.26. The van der Waals surface area contributed by atoms with E-state index >= 15 is 0 Å². The van der Waals surface area contributed by atoms with E-state index in [1.807, 2.05) is 20.8 Å². The minimum atomic E-state index is -0.804. The number of carbonyl (C=O) groups excluding carboxylic acids is 1. The Morgan fingerprint density at radius 3 is 2.43 bits per heavy atom. The molecule has 5 heteroatoms. The lowest BCUT2D eigenvalue weighted by Crippen LogP contribution is -2.42. The Balaban J connectivity index is 2.67. The summed E-state index contributed by atoms with van der Waals surface area (Å²) in [4.78, 5) is 25.2. The predicted molar refractivity (Wildman–Crippen MR) is 81.2 cm³/mol. The predicted octanol–water partition coefficient (Wildman–Crippen LogP) is 3.67. The maximum absolute atomic E-state index is 12.2. The molecule has 0 unspecified atom stereocenters. The molecule has 21 heavy (non-hydrogen) atoms. The molecule has 122 valence electrons. The normalized spacial score (nSPS) is 22.4. The zero-order valence-electron chi connectivity index (χ0n) is 13.7. The third-order valence-electron chi connectivity index (χ3n) is 3.84. The third-order valence-corrected chi connectivity index (χ3v) is 3.84. The van der Waals surface area contributed by atoms with E-state index in [1.165, 1.54) is 0 Å². The van der Waals surface area contributed by atoms with E-state index < -0.39 is 17.5 Å². The highest BCUT2D eigenvalue weighted by molar-refractivity contribution is 5.75. The summed E-state index contributed by atoms with van der Waals surface area (Å²) in [5, 5.41) is 9.34. The van der Waals surface area contributed by atoms with Crippen LogP contribution in [0.5, 0.6) is 0 Å². The number of ether oxygens (including phenoxy) is 1. The molecule has 0 aliphatic carbocycles. The zero-order valence-corrected chi connectivity index (χ0v) is 13.7. The molecule has 0 bridgehead atoms. The summed E-state index contributed by atoms with van der Waals surface area (Å²) in [5.74, 6) is -1.26. The van der Waals surface area contributed by atoms with Gasteiger partial charge in [-0.1, -0.05) is 32.6 Å². The monoisotopic (exact) mass is 299 g/mol. The number of hydrogen-bond donors (Lipinski definition) is 1. The number of amides is 1. The van der Waals surface area contributed by atoms with Gasteiger partial charge in [-0.15, -0.1) is 0 Å². The van der Waals surface area contributed by atoms with Gasteiger partial charge in [0.25, 0.3) is 0 Å². The maximum atomic E-state index is 12.2. The fourth-order valence-electron chi connectivity index (χ4n) is 2.83. The fraction of sp³-hybridized carbons (Fsp3) is 0.875. The summed E-state index contributed by atoms with van der Waals surface area (Å²) in [7, 11) is 0.